The number of rotatable bonds is 2. The molecule has 1 amide bonds. The van der Waals surface area contributed by atoms with E-state index in [1.807, 2.05) is 25.7 Å². The molecule has 20 heavy (non-hydrogen) atoms. The van der Waals surface area contributed by atoms with Crippen molar-refractivity contribution in [2.75, 3.05) is 38.6 Å². The van der Waals surface area contributed by atoms with Crippen LogP contribution in [0.5, 0.6) is 0 Å². The Balaban J connectivity index is 1.85. The first kappa shape index (κ1) is 15.9. The van der Waals surface area contributed by atoms with Gasteiger partial charge in [0.1, 0.15) is 5.60 Å². The molecular formula is C15H27ClN2O2. The Hall–Kier alpha value is -0.480. The van der Waals surface area contributed by atoms with Crippen molar-refractivity contribution in [2.24, 2.45) is 5.41 Å². The Morgan fingerprint density at radius 2 is 1.80 bits per heavy atom. The van der Waals surface area contributed by atoms with Crippen LogP contribution in [-0.4, -0.2) is 60.1 Å². The molecule has 2 saturated heterocycles. The smallest absolute Gasteiger partial charge is 0.410 e. The van der Waals surface area contributed by atoms with Crippen LogP contribution in [0.15, 0.2) is 0 Å². The van der Waals surface area contributed by atoms with Crippen LogP contribution in [-0.2, 0) is 4.74 Å². The van der Waals surface area contributed by atoms with Crippen molar-refractivity contribution in [3.05, 3.63) is 0 Å². The average molecular weight is 303 g/mol. The highest BCUT2D eigenvalue weighted by molar-refractivity contribution is 6.18. The first-order chi connectivity index (χ1) is 9.34. The Morgan fingerprint density at radius 3 is 2.35 bits per heavy atom. The molecule has 2 rings (SSSR count). The fourth-order valence-electron chi connectivity index (χ4n) is 3.20. The van der Waals surface area contributed by atoms with Gasteiger partial charge in [0.2, 0.25) is 0 Å². The third-order valence-electron chi connectivity index (χ3n) is 4.41. The Labute approximate surface area is 127 Å². The Bertz CT molecular complexity index is 346. The fourth-order valence-corrected chi connectivity index (χ4v) is 3.44. The van der Waals surface area contributed by atoms with Crippen LogP contribution in [0.2, 0.25) is 0 Å². The monoisotopic (exact) mass is 302 g/mol. The predicted molar refractivity (Wildman–Crippen MR) is 81.3 cm³/mol. The van der Waals surface area contributed by atoms with E-state index in [1.54, 1.807) is 0 Å². The van der Waals surface area contributed by atoms with Crippen molar-refractivity contribution >= 4 is 17.7 Å². The quantitative estimate of drug-likeness (QED) is 0.735. The van der Waals surface area contributed by atoms with Gasteiger partial charge in [0.05, 0.1) is 0 Å². The Kier molecular flexibility index (Phi) is 4.85. The van der Waals surface area contributed by atoms with Crippen molar-refractivity contribution in [3.63, 3.8) is 0 Å². The molecule has 2 fully saturated rings. The van der Waals surface area contributed by atoms with Gasteiger partial charge in [-0.3, -0.25) is 0 Å². The van der Waals surface area contributed by atoms with E-state index in [9.17, 15) is 4.79 Å². The molecule has 0 N–H and O–H groups in total. The molecule has 0 aliphatic carbocycles. The van der Waals surface area contributed by atoms with E-state index >= 15 is 0 Å². The first-order valence-corrected chi connectivity index (χ1v) is 8.13. The third-order valence-corrected chi connectivity index (χ3v) is 4.58. The molecule has 0 aromatic rings. The average Bonchev–Trinajstić information content (AvgIpc) is 2.75. The molecule has 0 radical (unpaired) electrons. The minimum Gasteiger partial charge on any atom is -0.444 e. The highest BCUT2D eigenvalue weighted by Gasteiger charge is 2.42. The summed E-state index contributed by atoms with van der Waals surface area (Å²) in [4.78, 5) is 16.4. The number of piperidine rings is 1. The van der Waals surface area contributed by atoms with E-state index < -0.39 is 5.60 Å². The van der Waals surface area contributed by atoms with Crippen molar-refractivity contribution in [1.82, 2.24) is 9.80 Å². The van der Waals surface area contributed by atoms with E-state index in [2.05, 4.69) is 4.90 Å². The van der Waals surface area contributed by atoms with E-state index in [-0.39, 0.29) is 6.09 Å². The van der Waals surface area contributed by atoms with Gasteiger partial charge in [0, 0.05) is 25.5 Å². The molecule has 0 aromatic heterocycles. The second-order valence-electron chi connectivity index (χ2n) is 7.18. The molecule has 0 saturated carbocycles. The molecule has 2 heterocycles. The van der Waals surface area contributed by atoms with Crippen LogP contribution >= 0.6 is 11.6 Å². The first-order valence-electron chi connectivity index (χ1n) is 7.60. The van der Waals surface area contributed by atoms with Crippen molar-refractivity contribution in [1.29, 1.82) is 0 Å². The lowest BCUT2D eigenvalue weighted by atomic mass is 9.78. The number of hydrogen-bond donors (Lipinski definition) is 0. The summed E-state index contributed by atoms with van der Waals surface area (Å²) in [6.45, 7) is 10.6. The van der Waals surface area contributed by atoms with E-state index in [0.717, 1.165) is 39.1 Å². The van der Waals surface area contributed by atoms with Crippen molar-refractivity contribution in [2.45, 2.75) is 45.6 Å². The summed E-state index contributed by atoms with van der Waals surface area (Å²) in [7, 11) is 0. The van der Waals surface area contributed by atoms with E-state index in [0.29, 0.717) is 11.3 Å². The molecule has 4 nitrogen and oxygen atoms in total. The number of carbonyl (C=O) groups excluding carboxylic acids is 1. The standard InChI is InChI=1S/C15H27ClN2O2/c1-14(2,3)20-13(19)18-10-6-15(12-18)4-8-17(9-5-15)11-7-16/h4-12H2,1-3H3. The zero-order valence-electron chi connectivity index (χ0n) is 13.0. The molecule has 5 heteroatoms. The molecule has 2 aliphatic rings. The maximum absolute atomic E-state index is 12.1. The van der Waals surface area contributed by atoms with Crippen LogP contribution in [0.25, 0.3) is 0 Å². The van der Waals surface area contributed by atoms with Gasteiger partial charge in [0.15, 0.2) is 0 Å². The second kappa shape index (κ2) is 6.10. The van der Waals surface area contributed by atoms with Gasteiger partial charge in [-0.15, -0.1) is 11.6 Å². The van der Waals surface area contributed by atoms with Crippen molar-refractivity contribution < 1.29 is 9.53 Å². The summed E-state index contributed by atoms with van der Waals surface area (Å²) in [5.41, 5.74) is -0.0870. The fraction of sp³-hybridized carbons (Fsp3) is 0.933. The maximum Gasteiger partial charge on any atom is 0.410 e. The van der Waals surface area contributed by atoms with Crippen LogP contribution in [0.1, 0.15) is 40.0 Å². The topological polar surface area (TPSA) is 32.8 Å². The number of carbonyl (C=O) groups is 1. The SMILES string of the molecule is CC(C)(C)OC(=O)N1CCC2(CCN(CCCl)CC2)C1. The van der Waals surface area contributed by atoms with E-state index in [1.165, 1.54) is 12.8 Å². The number of likely N-dealkylation sites (tertiary alicyclic amines) is 2. The molecule has 116 valence electrons. The third kappa shape index (κ3) is 4.01. The lowest BCUT2D eigenvalue weighted by molar-refractivity contribution is 0.0248. The van der Waals surface area contributed by atoms with Gasteiger partial charge < -0.3 is 14.5 Å². The summed E-state index contributed by atoms with van der Waals surface area (Å²) in [5.74, 6) is 0.705. The zero-order valence-corrected chi connectivity index (χ0v) is 13.7. The largest absolute Gasteiger partial charge is 0.444 e. The number of amides is 1. The lowest BCUT2D eigenvalue weighted by Gasteiger charge is -2.39. The van der Waals surface area contributed by atoms with Crippen LogP contribution < -0.4 is 0 Å². The maximum atomic E-state index is 12.1. The molecule has 1 spiro atoms. The summed E-state index contributed by atoms with van der Waals surface area (Å²) >= 11 is 5.80. The van der Waals surface area contributed by atoms with Gasteiger partial charge in [-0.2, -0.15) is 0 Å². The van der Waals surface area contributed by atoms with Crippen LogP contribution in [0.4, 0.5) is 4.79 Å². The van der Waals surface area contributed by atoms with Gasteiger partial charge in [-0.25, -0.2) is 4.79 Å². The minimum absolute atomic E-state index is 0.155. The van der Waals surface area contributed by atoms with Crippen LogP contribution in [0, 0.1) is 5.41 Å². The van der Waals surface area contributed by atoms with E-state index in [4.69, 9.17) is 16.3 Å². The number of halogens is 1. The highest BCUT2D eigenvalue weighted by atomic mass is 35.5. The number of ether oxygens (including phenoxy) is 1. The number of nitrogens with zero attached hydrogens (tertiary/aromatic N) is 2. The highest BCUT2D eigenvalue weighted by Crippen LogP contribution is 2.40. The summed E-state index contributed by atoms with van der Waals surface area (Å²) in [6, 6.07) is 0. The second-order valence-corrected chi connectivity index (χ2v) is 7.56. The molecular weight excluding hydrogens is 276 g/mol. The normalized spacial score (nSPS) is 23.3. The number of hydrogen-bond acceptors (Lipinski definition) is 3. The van der Waals surface area contributed by atoms with Gasteiger partial charge in [-0.05, 0) is 58.5 Å². The molecule has 2 aliphatic heterocycles. The Morgan fingerprint density at radius 1 is 1.20 bits per heavy atom. The molecule has 0 atom stereocenters. The van der Waals surface area contributed by atoms with Crippen molar-refractivity contribution in [3.8, 4) is 0 Å². The van der Waals surface area contributed by atoms with Gasteiger partial charge >= 0.3 is 6.09 Å². The lowest BCUT2D eigenvalue weighted by Crippen LogP contribution is -2.43. The minimum atomic E-state index is -0.406. The summed E-state index contributed by atoms with van der Waals surface area (Å²) < 4.78 is 5.47. The van der Waals surface area contributed by atoms with Gasteiger partial charge in [0.25, 0.3) is 0 Å². The van der Waals surface area contributed by atoms with Crippen LogP contribution in [0.3, 0.4) is 0 Å². The molecule has 0 aromatic carbocycles. The number of alkyl halides is 1. The zero-order chi connectivity index (χ0) is 14.8. The molecule has 0 bridgehead atoms. The molecule has 0 unspecified atom stereocenters. The summed E-state index contributed by atoms with van der Waals surface area (Å²) in [6.07, 6.45) is 3.30. The van der Waals surface area contributed by atoms with Gasteiger partial charge in [-0.1, -0.05) is 0 Å². The summed E-state index contributed by atoms with van der Waals surface area (Å²) in [5, 5.41) is 0. The predicted octanol–water partition coefficient (Wildman–Crippen LogP) is 2.95.